The van der Waals surface area contributed by atoms with Crippen LogP contribution in [0.5, 0.6) is 0 Å². The van der Waals surface area contributed by atoms with Crippen LogP contribution in [0.2, 0.25) is 0 Å². The van der Waals surface area contributed by atoms with Crippen LogP contribution in [0.1, 0.15) is 0 Å². The minimum Gasteiger partial charge on any atom is -0.254 e. The number of hydrazine groups is 2. The van der Waals surface area contributed by atoms with Crippen LogP contribution in [0.25, 0.3) is 0 Å². The van der Waals surface area contributed by atoms with E-state index in [9.17, 15) is 0 Å². The number of anilines is 2. The van der Waals surface area contributed by atoms with Crippen LogP contribution in [-0.4, -0.2) is 11.4 Å². The second kappa shape index (κ2) is 5.24. The highest BCUT2D eigenvalue weighted by molar-refractivity contribution is 8.13. The molecule has 0 atom stereocenters. The van der Waals surface area contributed by atoms with E-state index in [0.29, 0.717) is 0 Å². The Hall–Kier alpha value is -2.14. The zero-order chi connectivity index (χ0) is 13.1. The first-order valence-electron chi connectivity index (χ1n) is 5.98. The van der Waals surface area contributed by atoms with Crippen molar-refractivity contribution in [2.45, 2.75) is 0 Å². The van der Waals surface area contributed by atoms with Gasteiger partial charge >= 0.3 is 0 Å². The first-order valence-corrected chi connectivity index (χ1v) is 7.20. The third kappa shape index (κ3) is 2.37. The van der Waals surface area contributed by atoms with Gasteiger partial charge < -0.3 is 0 Å². The molecule has 0 saturated carbocycles. The van der Waals surface area contributed by atoms with Crippen LogP contribution in [0.3, 0.4) is 0 Å². The zero-order valence-corrected chi connectivity index (χ0v) is 11.3. The number of benzene rings is 2. The molecular weight excluding hydrogens is 256 g/mol. The lowest BCUT2D eigenvalue weighted by Gasteiger charge is -2.27. The smallest absolute Gasteiger partial charge is 0.203 e. The molecule has 0 aliphatic carbocycles. The fourth-order valence-electron chi connectivity index (χ4n) is 1.86. The molecule has 19 heavy (non-hydrogen) atoms. The van der Waals surface area contributed by atoms with E-state index in [1.54, 1.807) is 11.8 Å². The van der Waals surface area contributed by atoms with Gasteiger partial charge in [-0.1, -0.05) is 48.2 Å². The molecule has 1 heterocycles. The van der Waals surface area contributed by atoms with E-state index in [1.165, 1.54) is 0 Å². The van der Waals surface area contributed by atoms with E-state index < -0.39 is 0 Å². The SMILES string of the molecule is CSC1=NN(c2ccccc2)N(c2ccccc2)N1. The second-order valence-electron chi connectivity index (χ2n) is 3.99. The first-order chi connectivity index (χ1) is 9.38. The summed E-state index contributed by atoms with van der Waals surface area (Å²) in [6.07, 6.45) is 2.00. The number of para-hydroxylation sites is 2. The summed E-state index contributed by atoms with van der Waals surface area (Å²) in [5.41, 5.74) is 5.34. The monoisotopic (exact) mass is 270 g/mol. The van der Waals surface area contributed by atoms with Crippen molar-refractivity contribution in [1.82, 2.24) is 5.43 Å². The predicted octanol–water partition coefficient (Wildman–Crippen LogP) is 3.07. The van der Waals surface area contributed by atoms with E-state index in [1.807, 2.05) is 77.2 Å². The van der Waals surface area contributed by atoms with Crippen LogP contribution < -0.4 is 15.7 Å². The number of hydrogen-bond acceptors (Lipinski definition) is 5. The summed E-state index contributed by atoms with van der Waals surface area (Å²) in [7, 11) is 0. The fourth-order valence-corrected chi connectivity index (χ4v) is 2.19. The summed E-state index contributed by atoms with van der Waals surface area (Å²) in [4.78, 5) is 0. The summed E-state index contributed by atoms with van der Waals surface area (Å²) >= 11 is 1.58. The molecule has 3 rings (SSSR count). The molecule has 1 aliphatic rings. The van der Waals surface area contributed by atoms with Crippen LogP contribution in [0, 0.1) is 0 Å². The van der Waals surface area contributed by atoms with Crippen LogP contribution in [0.15, 0.2) is 65.8 Å². The molecule has 0 aromatic heterocycles. The Kier molecular flexibility index (Phi) is 3.29. The average molecular weight is 270 g/mol. The van der Waals surface area contributed by atoms with Gasteiger partial charge in [-0.2, -0.15) is 10.2 Å². The number of nitrogens with zero attached hydrogens (tertiary/aromatic N) is 3. The van der Waals surface area contributed by atoms with Gasteiger partial charge in [0, 0.05) is 0 Å². The van der Waals surface area contributed by atoms with Crippen LogP contribution >= 0.6 is 11.8 Å². The standard InChI is InChI=1S/C14H14N4S/c1-19-14-15-17(12-8-4-2-5-9-12)18(16-14)13-10-6-3-7-11-13/h2-11H,1H3,(H,15,16). The van der Waals surface area contributed by atoms with Gasteiger partial charge in [0.25, 0.3) is 0 Å². The van der Waals surface area contributed by atoms with Crippen molar-refractivity contribution in [2.75, 3.05) is 16.5 Å². The van der Waals surface area contributed by atoms with E-state index in [-0.39, 0.29) is 0 Å². The Morgan fingerprint density at radius 3 is 2.05 bits per heavy atom. The summed E-state index contributed by atoms with van der Waals surface area (Å²) in [5.74, 6) is 0. The van der Waals surface area contributed by atoms with E-state index in [2.05, 4.69) is 10.5 Å². The Balaban J connectivity index is 1.96. The number of hydrazone groups is 1. The first kappa shape index (κ1) is 11.9. The van der Waals surface area contributed by atoms with Crippen molar-refractivity contribution in [3.63, 3.8) is 0 Å². The molecule has 0 bridgehead atoms. The molecular formula is C14H14N4S. The lowest BCUT2D eigenvalue weighted by Crippen LogP contribution is -2.44. The highest BCUT2D eigenvalue weighted by Crippen LogP contribution is 2.25. The van der Waals surface area contributed by atoms with Crippen molar-refractivity contribution in [1.29, 1.82) is 0 Å². The molecule has 2 aromatic carbocycles. The maximum absolute atomic E-state index is 4.56. The van der Waals surface area contributed by atoms with Crippen molar-refractivity contribution in [3.05, 3.63) is 60.7 Å². The largest absolute Gasteiger partial charge is 0.254 e. The van der Waals surface area contributed by atoms with Crippen LogP contribution in [0.4, 0.5) is 11.4 Å². The number of nitrogens with one attached hydrogen (secondary N) is 1. The normalized spacial score (nSPS) is 14.3. The quantitative estimate of drug-likeness (QED) is 0.908. The molecule has 0 fully saturated rings. The molecule has 0 radical (unpaired) electrons. The summed E-state index contributed by atoms with van der Waals surface area (Å²) in [5, 5.41) is 9.22. The molecule has 0 amide bonds. The fraction of sp³-hybridized carbons (Fsp3) is 0.0714. The minimum absolute atomic E-state index is 0.868. The molecule has 0 unspecified atom stereocenters. The number of hydrogen-bond donors (Lipinski definition) is 1. The number of thioether (sulfide) groups is 1. The number of amidine groups is 1. The van der Waals surface area contributed by atoms with Gasteiger partial charge in [-0.05, 0) is 30.5 Å². The maximum atomic E-state index is 4.56. The zero-order valence-electron chi connectivity index (χ0n) is 10.5. The molecule has 1 aliphatic heterocycles. The van der Waals surface area contributed by atoms with E-state index in [0.717, 1.165) is 16.5 Å². The topological polar surface area (TPSA) is 30.9 Å². The van der Waals surface area contributed by atoms with E-state index >= 15 is 0 Å². The van der Waals surface area contributed by atoms with Crippen molar-refractivity contribution < 1.29 is 0 Å². The lowest BCUT2D eigenvalue weighted by molar-refractivity contribution is 0.772. The summed E-state index contributed by atoms with van der Waals surface area (Å²) < 4.78 is 0. The van der Waals surface area contributed by atoms with Gasteiger partial charge in [-0.25, -0.2) is 0 Å². The summed E-state index contributed by atoms with van der Waals surface area (Å²) in [6, 6.07) is 20.2. The Labute approximate surface area is 116 Å². The van der Waals surface area contributed by atoms with Crippen molar-refractivity contribution >= 4 is 28.3 Å². The van der Waals surface area contributed by atoms with Gasteiger partial charge in [0.1, 0.15) is 0 Å². The third-order valence-corrected chi connectivity index (χ3v) is 3.32. The number of rotatable bonds is 2. The van der Waals surface area contributed by atoms with E-state index in [4.69, 9.17) is 0 Å². The van der Waals surface area contributed by atoms with Crippen LogP contribution in [-0.2, 0) is 0 Å². The Bertz CT molecular complexity index is 571. The van der Waals surface area contributed by atoms with Gasteiger partial charge in [0.15, 0.2) is 0 Å². The minimum atomic E-state index is 0.868. The predicted molar refractivity (Wildman–Crippen MR) is 81.9 cm³/mol. The molecule has 2 aromatic rings. The molecule has 5 heteroatoms. The molecule has 0 saturated heterocycles. The molecule has 4 nitrogen and oxygen atoms in total. The molecule has 1 N–H and O–H groups in total. The summed E-state index contributed by atoms with van der Waals surface area (Å²) in [6.45, 7) is 0. The average Bonchev–Trinajstić information content (AvgIpc) is 2.93. The highest BCUT2D eigenvalue weighted by atomic mass is 32.2. The maximum Gasteiger partial charge on any atom is 0.203 e. The van der Waals surface area contributed by atoms with Gasteiger partial charge in [-0.3, -0.25) is 5.43 Å². The molecule has 96 valence electrons. The Morgan fingerprint density at radius 1 is 0.895 bits per heavy atom. The van der Waals surface area contributed by atoms with Gasteiger partial charge in [0.2, 0.25) is 5.17 Å². The third-order valence-electron chi connectivity index (χ3n) is 2.76. The van der Waals surface area contributed by atoms with Gasteiger partial charge in [-0.15, -0.1) is 5.10 Å². The molecule has 0 spiro atoms. The van der Waals surface area contributed by atoms with Gasteiger partial charge in [0.05, 0.1) is 11.4 Å². The highest BCUT2D eigenvalue weighted by Gasteiger charge is 2.24. The Morgan fingerprint density at radius 2 is 1.47 bits per heavy atom. The van der Waals surface area contributed by atoms with Crippen molar-refractivity contribution in [3.8, 4) is 0 Å². The second-order valence-corrected chi connectivity index (χ2v) is 4.79. The lowest BCUT2D eigenvalue weighted by atomic mass is 10.3. The van der Waals surface area contributed by atoms with Crippen molar-refractivity contribution in [2.24, 2.45) is 5.10 Å².